The van der Waals surface area contributed by atoms with Crippen LogP contribution in [0, 0.1) is 15.3 Å². The van der Waals surface area contributed by atoms with Crippen molar-refractivity contribution >= 4 is 73.7 Å². The predicted molar refractivity (Wildman–Crippen MR) is 459 cm³/mol. The van der Waals surface area contributed by atoms with Crippen molar-refractivity contribution in [3.05, 3.63) is 265 Å². The third-order valence-electron chi connectivity index (χ3n) is 8.40. The van der Waals surface area contributed by atoms with Gasteiger partial charge in [0.15, 0.2) is 21.2 Å². The van der Waals surface area contributed by atoms with Gasteiger partial charge in [0.05, 0.1) is 24.4 Å². The molecule has 0 bridgehead atoms. The SMILES string of the molecule is C=C.C=C/C=C\C(=C)S(C)(=N)=O.C=C/C=C\C(=C)S(C)=O.C=C=CC.CC.CCC.CCC.CCC.CCC.CCC.CCCC.CCCC.CCCCC.Cc1ccccc1.NS(=O)(=O)c1ccccc1.NS(=O)c1ccccc1.NS(=O)c1ccccc1.O=Ic1ccccc1. The minimum absolute atomic E-state index is 0.148. The van der Waals surface area contributed by atoms with Crippen molar-refractivity contribution in [1.82, 2.24) is 0 Å². The molecule has 0 aliphatic carbocycles. The van der Waals surface area contributed by atoms with Crippen molar-refractivity contribution in [1.29, 1.82) is 4.78 Å². The number of unbranched alkanes of at least 4 members (excludes halogenated alkanes) is 4. The van der Waals surface area contributed by atoms with Gasteiger partial charge in [0.2, 0.25) is 10.0 Å². The number of allylic oxidation sites excluding steroid dienone is 7. The van der Waals surface area contributed by atoms with Crippen LogP contribution in [0.4, 0.5) is 0 Å². The molecule has 0 aromatic heterocycles. The van der Waals surface area contributed by atoms with E-state index in [1.807, 2.05) is 81.4 Å². The minimum atomic E-state index is -3.50. The lowest BCUT2D eigenvalue weighted by atomic mass is 10.2. The third kappa shape index (κ3) is 134. The number of nitrogens with one attached hydrogen (secondary N) is 1. The van der Waals surface area contributed by atoms with Crippen LogP contribution in [0.3, 0.4) is 0 Å². The van der Waals surface area contributed by atoms with Crippen molar-refractivity contribution in [3.63, 3.8) is 0 Å². The first-order valence-electron chi connectivity index (χ1n) is 33.6. The Bertz CT molecular complexity index is 2730. The summed E-state index contributed by atoms with van der Waals surface area (Å²) in [5.74, 6) is 0. The van der Waals surface area contributed by atoms with Gasteiger partial charge >= 0.3 is 0 Å². The first-order chi connectivity index (χ1) is 46.4. The highest BCUT2D eigenvalue weighted by Crippen LogP contribution is 2.07. The molecule has 0 radical (unpaired) electrons. The van der Waals surface area contributed by atoms with E-state index in [1.165, 1.54) is 107 Å². The van der Waals surface area contributed by atoms with Crippen molar-refractivity contribution in [2.75, 3.05) is 12.5 Å². The third-order valence-corrected chi connectivity index (χ3v) is 14.0. The van der Waals surface area contributed by atoms with Crippen LogP contribution in [0.5, 0.6) is 0 Å². The van der Waals surface area contributed by atoms with Gasteiger partial charge < -0.3 is 0 Å². The zero-order valence-electron chi connectivity index (χ0n) is 65.4. The van der Waals surface area contributed by atoms with Crippen LogP contribution >= 0.6 is 21.2 Å². The second kappa shape index (κ2) is 110. The molecule has 0 heterocycles. The largest absolute Gasteiger partial charge is 0.265 e. The number of halogens is 1. The van der Waals surface area contributed by atoms with Gasteiger partial charge in [-0.3, -0.25) is 7.28 Å². The minimum Gasteiger partial charge on any atom is -0.265 e. The van der Waals surface area contributed by atoms with Crippen LogP contribution in [0.1, 0.15) is 214 Å². The molecule has 0 amide bonds. The van der Waals surface area contributed by atoms with Gasteiger partial charge in [0, 0.05) is 36.7 Å². The van der Waals surface area contributed by atoms with Crippen molar-refractivity contribution in [3.8, 4) is 0 Å². The maximum Gasteiger partial charge on any atom is 0.238 e. The second-order valence-corrected chi connectivity index (χ2v) is 27.9. The van der Waals surface area contributed by atoms with E-state index in [4.69, 9.17) is 20.2 Å². The molecule has 11 nitrogen and oxygen atoms in total. The molecule has 0 saturated carbocycles. The summed E-state index contributed by atoms with van der Waals surface area (Å²) in [4.78, 5) is 2.42. The van der Waals surface area contributed by atoms with E-state index in [2.05, 4.69) is 182 Å². The molecule has 0 saturated heterocycles. The fraction of sp³-hybridized carbons (Fsp3) is 0.420. The predicted octanol–water partition coefficient (Wildman–Crippen LogP) is 25.4. The number of sulfonamides is 1. The van der Waals surface area contributed by atoms with Crippen molar-refractivity contribution < 1.29 is 28.3 Å². The Morgan fingerprint density at radius 1 is 0.520 bits per heavy atom. The average Bonchev–Trinajstić information content (AvgIpc) is 1.33. The lowest BCUT2D eigenvalue weighted by Gasteiger charge is -1.95. The maximum atomic E-state index is 10.9. The molecular weight excluding hydrogens is 1430 g/mol. The van der Waals surface area contributed by atoms with Gasteiger partial charge in [-0.15, -0.1) is 18.9 Å². The van der Waals surface area contributed by atoms with Crippen LogP contribution in [-0.4, -0.2) is 37.8 Å². The maximum absolute atomic E-state index is 10.9. The first kappa shape index (κ1) is 123. The van der Waals surface area contributed by atoms with E-state index in [-0.39, 0.29) is 4.90 Å². The molecule has 7 N–H and O–H groups in total. The van der Waals surface area contributed by atoms with E-state index in [1.54, 1.807) is 109 Å². The number of hydrogen-bond acceptors (Lipinski definition) is 8. The molecule has 0 aliphatic heterocycles. The van der Waals surface area contributed by atoms with Crippen molar-refractivity contribution in [2.24, 2.45) is 15.4 Å². The standard InChI is InChI=1S/C7H11NOS.C7H10OS.C7H8.C6H5IO.C6H7NO2S.2C6H7NOS.C5H12.2C4H10.C4H6.5C3H8.C2H6.C2H4/c1-4-5-6-7(2)10(3,8)9;1-4-5-6-7(2)9(3)8;1-7-5-3-2-4-6-7;8-7-6-4-2-1-3-5-6;7-10(8,9)6-4-2-1-3-5-6;2*7-9(8)6-4-2-1-3-5-6;1-3-5-4-2;3*1-3-4-2;5*1-3-2;2*1-2/h4-6,8H,1-2H2,3H3;4-6H,1-2H2,3H3;2-6H,1H3;1-5H;1-5H,(H2,7,8,9);2*1-5H,7H2;3-5H2,1-2H3;2*3-4H2,1-2H3;4H,1H2,2H3;5*3H2,1-2H3;1-2H3;1-2H2/b2*6-5-;;;;;;;;;;;;;;;;. The molecular formula is C81H143IN4O7S5. The van der Waals surface area contributed by atoms with E-state index in [9.17, 15) is 28.3 Å². The molecule has 4 atom stereocenters. The Morgan fingerprint density at radius 3 is 0.918 bits per heavy atom. The Labute approximate surface area is 624 Å². The summed E-state index contributed by atoms with van der Waals surface area (Å²) in [5, 5.41) is 15.0. The van der Waals surface area contributed by atoms with Crippen molar-refractivity contribution in [2.45, 2.75) is 230 Å². The Morgan fingerprint density at radius 2 is 0.776 bits per heavy atom. The molecule has 5 rings (SSSR count). The summed E-state index contributed by atoms with van der Waals surface area (Å²) >= 11 is -0.941. The highest BCUT2D eigenvalue weighted by Gasteiger charge is 2.03. The van der Waals surface area contributed by atoms with E-state index in [0.717, 1.165) is 3.57 Å². The van der Waals surface area contributed by atoms with Gasteiger partial charge in [-0.1, -0.05) is 368 Å². The summed E-state index contributed by atoms with van der Waals surface area (Å²) in [6, 6.07) is 45.5. The van der Waals surface area contributed by atoms with Gasteiger partial charge in [-0.2, -0.15) is 0 Å². The van der Waals surface area contributed by atoms with E-state index < -0.39 is 73.7 Å². The van der Waals surface area contributed by atoms with Gasteiger partial charge in [0.1, 0.15) is 22.0 Å². The molecule has 17 heteroatoms. The molecule has 5 aromatic rings. The fourth-order valence-electron chi connectivity index (χ4n) is 3.65. The normalized spacial score (nSPS) is 10.1. The number of nitrogens with two attached hydrogens (primary N) is 3. The lowest BCUT2D eigenvalue weighted by molar-refractivity contribution is 0.597. The summed E-state index contributed by atoms with van der Waals surface area (Å²) in [5.41, 5.74) is 3.88. The van der Waals surface area contributed by atoms with Crippen LogP contribution < -0.4 is 15.4 Å². The molecule has 0 fully saturated rings. The van der Waals surface area contributed by atoms with Crippen LogP contribution in [0.2, 0.25) is 0 Å². The monoisotopic (exact) mass is 1570 g/mol. The molecule has 566 valence electrons. The quantitative estimate of drug-likeness (QED) is 0.0364. The molecule has 4 unspecified atom stereocenters. The Hall–Kier alpha value is -5.44. The van der Waals surface area contributed by atoms with Gasteiger partial charge in [0.25, 0.3) is 0 Å². The lowest BCUT2D eigenvalue weighted by Crippen LogP contribution is -2.11. The topological polar surface area (TPSA) is 221 Å². The number of rotatable bonds is 14. The number of hydrogen-bond donors (Lipinski definition) is 4. The smallest absolute Gasteiger partial charge is 0.238 e. The molecule has 98 heavy (non-hydrogen) atoms. The molecule has 0 aliphatic rings. The summed E-state index contributed by atoms with van der Waals surface area (Å²) < 4.78 is 82.0. The summed E-state index contributed by atoms with van der Waals surface area (Å²) in [6.07, 6.45) is 30.0. The number of benzene rings is 5. The van der Waals surface area contributed by atoms with Crippen LogP contribution in [-0.2, 0) is 55.6 Å². The summed E-state index contributed by atoms with van der Waals surface area (Å²) in [7, 11) is -9.71. The highest BCUT2D eigenvalue weighted by molar-refractivity contribution is 14.1. The summed E-state index contributed by atoms with van der Waals surface area (Å²) in [6.45, 7) is 65.6. The highest BCUT2D eigenvalue weighted by atomic mass is 127. The Balaban J connectivity index is -0.0000000725. The second-order valence-electron chi connectivity index (χ2n) is 18.9. The van der Waals surface area contributed by atoms with E-state index in [0.29, 0.717) is 19.6 Å². The van der Waals surface area contributed by atoms with E-state index >= 15 is 0 Å². The van der Waals surface area contributed by atoms with Gasteiger partial charge in [-0.25, -0.2) is 41.2 Å². The number of primary sulfonamides is 1. The van der Waals surface area contributed by atoms with Gasteiger partial charge in [-0.05, 0) is 80.6 Å². The van der Waals surface area contributed by atoms with Crippen LogP contribution in [0.25, 0.3) is 0 Å². The zero-order valence-corrected chi connectivity index (χ0v) is 71.7. The first-order valence-corrected chi connectivity index (χ1v) is 43.1. The average molecular weight is 1570 g/mol. The van der Waals surface area contributed by atoms with Crippen LogP contribution in [0.15, 0.2) is 270 Å². The number of aryl methyl sites for hydroxylation is 1. The molecule has 5 aromatic carbocycles. The molecule has 0 spiro atoms. The Kier molecular flexibility index (Phi) is 138. The fourth-order valence-corrected chi connectivity index (χ4v) is 6.35. The zero-order chi connectivity index (χ0) is 79.3.